The zero-order valence-corrected chi connectivity index (χ0v) is 19.3. The normalized spacial score (nSPS) is 26.3. The Balaban J connectivity index is 1.30. The number of halogens is 1. The van der Waals surface area contributed by atoms with Gasteiger partial charge in [0.2, 0.25) is 5.88 Å². The van der Waals surface area contributed by atoms with Gasteiger partial charge in [0.1, 0.15) is 16.8 Å². The number of hydrogen-bond donors (Lipinski definition) is 0. The SMILES string of the molecule is BrC1c2nnc([C@H]3CC[C@H](Oc4ccccn4)CC3)n2-c2ccccc2CC12OCCO2. The van der Waals surface area contributed by atoms with Gasteiger partial charge in [-0.3, -0.25) is 4.57 Å². The first-order chi connectivity index (χ1) is 15.7. The number of para-hydroxylation sites is 1. The largest absolute Gasteiger partial charge is 0.474 e. The van der Waals surface area contributed by atoms with Gasteiger partial charge in [0.15, 0.2) is 11.6 Å². The lowest BCUT2D eigenvalue weighted by Crippen LogP contribution is -2.37. The lowest BCUT2D eigenvalue weighted by atomic mass is 9.86. The van der Waals surface area contributed by atoms with Gasteiger partial charge in [0, 0.05) is 24.6 Å². The molecular formula is C24H25BrN4O3. The highest BCUT2D eigenvalue weighted by Gasteiger charge is 2.49. The fourth-order valence-corrected chi connectivity index (χ4v) is 5.88. The number of hydrogen-bond acceptors (Lipinski definition) is 6. The summed E-state index contributed by atoms with van der Waals surface area (Å²) in [5.41, 5.74) is 2.31. The smallest absolute Gasteiger partial charge is 0.213 e. The fraction of sp³-hybridized carbons (Fsp3) is 0.458. The zero-order valence-electron chi connectivity index (χ0n) is 17.7. The lowest BCUT2D eigenvalue weighted by Gasteiger charge is -2.30. The topological polar surface area (TPSA) is 71.3 Å². The Hall–Kier alpha value is -2.29. The summed E-state index contributed by atoms with van der Waals surface area (Å²) in [6.07, 6.45) is 6.58. The molecule has 166 valence electrons. The third kappa shape index (κ3) is 3.45. The summed E-state index contributed by atoms with van der Waals surface area (Å²) in [5.74, 6) is 2.14. The van der Waals surface area contributed by atoms with Crippen molar-refractivity contribution in [3.8, 4) is 11.6 Å². The van der Waals surface area contributed by atoms with Crippen LogP contribution >= 0.6 is 15.9 Å². The minimum Gasteiger partial charge on any atom is -0.474 e. The number of fused-ring (bicyclic) bond motifs is 3. The number of benzene rings is 1. The molecule has 0 radical (unpaired) electrons. The van der Waals surface area contributed by atoms with Crippen molar-refractivity contribution in [1.29, 1.82) is 0 Å². The standard InChI is InChI=1S/C24H25BrN4O3/c25-21-23-28-27-22(16-8-10-18(11-9-16)32-20-7-3-4-12-26-20)29(23)19-6-2-1-5-17(19)15-24(21)30-13-14-31-24/h1-7,12,16,18,21H,8-11,13-15H2/t16-,18-,21?. The van der Waals surface area contributed by atoms with E-state index >= 15 is 0 Å². The first-order valence-corrected chi connectivity index (χ1v) is 12.2. The maximum Gasteiger partial charge on any atom is 0.213 e. The molecular weight excluding hydrogens is 472 g/mol. The average molecular weight is 497 g/mol. The van der Waals surface area contributed by atoms with E-state index in [2.05, 4.69) is 54.8 Å². The number of alkyl halides is 1. The van der Waals surface area contributed by atoms with Crippen LogP contribution in [0, 0.1) is 0 Å². The van der Waals surface area contributed by atoms with E-state index < -0.39 is 5.79 Å². The minimum atomic E-state index is -0.747. The number of rotatable bonds is 3. The van der Waals surface area contributed by atoms with Crippen LogP contribution in [0.1, 0.15) is 53.6 Å². The minimum absolute atomic E-state index is 0.187. The molecule has 1 spiro atoms. The molecule has 2 aromatic heterocycles. The van der Waals surface area contributed by atoms with Crippen molar-refractivity contribution >= 4 is 15.9 Å². The highest BCUT2D eigenvalue weighted by atomic mass is 79.9. The van der Waals surface area contributed by atoms with Crippen molar-refractivity contribution in [2.24, 2.45) is 0 Å². The molecule has 1 aliphatic carbocycles. The molecule has 32 heavy (non-hydrogen) atoms. The molecule has 1 atom stereocenters. The molecule has 8 heteroatoms. The maximum atomic E-state index is 6.14. The van der Waals surface area contributed by atoms with Crippen LogP contribution in [0.3, 0.4) is 0 Å². The fourth-order valence-electron chi connectivity index (χ4n) is 5.16. The second-order valence-corrected chi connectivity index (χ2v) is 9.60. The van der Waals surface area contributed by atoms with Gasteiger partial charge in [-0.25, -0.2) is 4.98 Å². The molecule has 0 N–H and O–H groups in total. The molecule has 0 bridgehead atoms. The van der Waals surface area contributed by atoms with Crippen molar-refractivity contribution in [2.45, 2.75) is 54.7 Å². The summed E-state index contributed by atoms with van der Waals surface area (Å²) in [4.78, 5) is 4.10. The van der Waals surface area contributed by atoms with Crippen LogP contribution < -0.4 is 4.74 Å². The highest BCUT2D eigenvalue weighted by molar-refractivity contribution is 9.09. The van der Waals surface area contributed by atoms with Gasteiger partial charge in [-0.2, -0.15) is 0 Å². The van der Waals surface area contributed by atoms with Gasteiger partial charge in [-0.15, -0.1) is 10.2 Å². The van der Waals surface area contributed by atoms with Crippen LogP contribution in [0.2, 0.25) is 0 Å². The highest BCUT2D eigenvalue weighted by Crippen LogP contribution is 2.47. The molecule has 1 unspecified atom stereocenters. The Kier molecular flexibility index (Phi) is 5.24. The summed E-state index contributed by atoms with van der Waals surface area (Å²) < 4.78 is 20.6. The molecule has 4 heterocycles. The summed E-state index contributed by atoms with van der Waals surface area (Å²) in [6.45, 7) is 1.18. The lowest BCUT2D eigenvalue weighted by molar-refractivity contribution is -0.156. The Morgan fingerprint density at radius 1 is 0.938 bits per heavy atom. The molecule has 1 aromatic carbocycles. The summed E-state index contributed by atoms with van der Waals surface area (Å²) in [5, 5.41) is 9.34. The van der Waals surface area contributed by atoms with Gasteiger partial charge in [-0.1, -0.05) is 40.2 Å². The van der Waals surface area contributed by atoms with Crippen LogP contribution in [0.4, 0.5) is 0 Å². The van der Waals surface area contributed by atoms with Gasteiger partial charge in [0.05, 0.1) is 18.9 Å². The van der Waals surface area contributed by atoms with Crippen molar-refractivity contribution in [3.05, 3.63) is 65.9 Å². The molecule has 2 fully saturated rings. The van der Waals surface area contributed by atoms with E-state index in [1.54, 1.807) is 6.20 Å². The van der Waals surface area contributed by atoms with Gasteiger partial charge in [-0.05, 0) is 43.4 Å². The first kappa shape index (κ1) is 20.3. The predicted molar refractivity (Wildman–Crippen MR) is 121 cm³/mol. The van der Waals surface area contributed by atoms with Crippen molar-refractivity contribution < 1.29 is 14.2 Å². The number of aromatic nitrogens is 4. The summed E-state index contributed by atoms with van der Waals surface area (Å²) in [6, 6.07) is 14.2. The quantitative estimate of drug-likeness (QED) is 0.497. The Morgan fingerprint density at radius 3 is 2.47 bits per heavy atom. The first-order valence-electron chi connectivity index (χ1n) is 11.3. The molecule has 1 saturated carbocycles. The van der Waals surface area contributed by atoms with Crippen molar-refractivity contribution in [1.82, 2.24) is 19.7 Å². The van der Waals surface area contributed by atoms with Crippen LogP contribution in [0.25, 0.3) is 5.69 Å². The van der Waals surface area contributed by atoms with E-state index in [4.69, 9.17) is 19.3 Å². The van der Waals surface area contributed by atoms with Crippen LogP contribution in [-0.4, -0.2) is 44.9 Å². The Labute approximate surface area is 195 Å². The second kappa shape index (κ2) is 8.24. The van der Waals surface area contributed by atoms with E-state index in [0.717, 1.165) is 43.0 Å². The Bertz CT molecular complexity index is 1090. The van der Waals surface area contributed by atoms with Gasteiger partial charge in [0.25, 0.3) is 0 Å². The third-order valence-electron chi connectivity index (χ3n) is 6.74. The zero-order chi connectivity index (χ0) is 21.5. The molecule has 6 rings (SSSR count). The summed E-state index contributed by atoms with van der Waals surface area (Å²) in [7, 11) is 0. The molecule has 3 aromatic rings. The molecule has 1 saturated heterocycles. The van der Waals surface area contributed by atoms with E-state index in [1.165, 1.54) is 5.56 Å². The number of pyridine rings is 1. The molecule has 7 nitrogen and oxygen atoms in total. The van der Waals surface area contributed by atoms with E-state index in [-0.39, 0.29) is 10.9 Å². The molecule has 2 aliphatic heterocycles. The van der Waals surface area contributed by atoms with E-state index in [1.807, 2.05) is 18.2 Å². The number of nitrogens with zero attached hydrogens (tertiary/aromatic N) is 4. The van der Waals surface area contributed by atoms with Crippen LogP contribution in [0.15, 0.2) is 48.7 Å². The van der Waals surface area contributed by atoms with E-state index in [9.17, 15) is 0 Å². The predicted octanol–water partition coefficient (Wildman–Crippen LogP) is 4.50. The monoisotopic (exact) mass is 496 g/mol. The van der Waals surface area contributed by atoms with Crippen molar-refractivity contribution in [3.63, 3.8) is 0 Å². The molecule has 0 amide bonds. The molecule has 3 aliphatic rings. The maximum absolute atomic E-state index is 6.14. The third-order valence-corrected chi connectivity index (χ3v) is 7.84. The summed E-state index contributed by atoms with van der Waals surface area (Å²) >= 11 is 3.86. The number of ether oxygens (including phenoxy) is 3. The average Bonchev–Trinajstić information content (AvgIpc) is 3.46. The van der Waals surface area contributed by atoms with Crippen LogP contribution in [0.5, 0.6) is 5.88 Å². The Morgan fingerprint density at radius 2 is 1.69 bits per heavy atom. The van der Waals surface area contributed by atoms with Crippen molar-refractivity contribution in [2.75, 3.05) is 13.2 Å². The van der Waals surface area contributed by atoms with Gasteiger partial charge < -0.3 is 14.2 Å². The van der Waals surface area contributed by atoms with Crippen LogP contribution in [-0.2, 0) is 15.9 Å². The van der Waals surface area contributed by atoms with E-state index in [0.29, 0.717) is 31.4 Å². The second-order valence-electron chi connectivity index (χ2n) is 8.69. The van der Waals surface area contributed by atoms with Gasteiger partial charge >= 0.3 is 0 Å².